The molecule has 1 saturated heterocycles. The molecule has 1 atom stereocenters. The van der Waals surface area contributed by atoms with Crippen LogP contribution in [0.5, 0.6) is 0 Å². The van der Waals surface area contributed by atoms with Crippen molar-refractivity contribution in [3.63, 3.8) is 0 Å². The summed E-state index contributed by atoms with van der Waals surface area (Å²) in [5.41, 5.74) is 7.45. The van der Waals surface area contributed by atoms with E-state index >= 15 is 0 Å². The molecular weight excluding hydrogens is 250 g/mol. The molecular formula is C16H25N3O. The van der Waals surface area contributed by atoms with Crippen LogP contribution < -0.4 is 11.1 Å². The lowest BCUT2D eigenvalue weighted by Gasteiger charge is -2.27. The number of nitrogens with one attached hydrogen (secondary N) is 1. The quantitative estimate of drug-likeness (QED) is 0.834. The Labute approximate surface area is 121 Å². The number of carbonyl (C=O) groups excluding carboxylic acids is 1. The first-order chi connectivity index (χ1) is 9.34. The fourth-order valence-electron chi connectivity index (χ4n) is 2.70. The van der Waals surface area contributed by atoms with Crippen LogP contribution in [0.4, 0.5) is 11.4 Å². The number of carbonyl (C=O) groups is 1. The third-order valence-electron chi connectivity index (χ3n) is 4.03. The first-order valence-corrected chi connectivity index (χ1v) is 7.22. The first kappa shape index (κ1) is 14.9. The Balaban J connectivity index is 1.84. The summed E-state index contributed by atoms with van der Waals surface area (Å²) in [5, 5.41) is 2.90. The van der Waals surface area contributed by atoms with Gasteiger partial charge in [-0.25, -0.2) is 0 Å². The molecule has 0 aromatic heterocycles. The van der Waals surface area contributed by atoms with Gasteiger partial charge in [0.25, 0.3) is 0 Å². The molecule has 0 spiro atoms. The first-order valence-electron chi connectivity index (χ1n) is 7.22. The summed E-state index contributed by atoms with van der Waals surface area (Å²) in [5.74, 6) is 0.702. The molecule has 2 rings (SSSR count). The van der Waals surface area contributed by atoms with Crippen molar-refractivity contribution in [3.8, 4) is 0 Å². The number of nitrogens with zero attached hydrogens (tertiary/aromatic N) is 1. The largest absolute Gasteiger partial charge is 0.399 e. The average Bonchev–Trinajstić information content (AvgIpc) is 2.76. The fourth-order valence-corrected chi connectivity index (χ4v) is 2.70. The number of benzene rings is 1. The molecule has 20 heavy (non-hydrogen) atoms. The van der Waals surface area contributed by atoms with Gasteiger partial charge >= 0.3 is 0 Å². The fraction of sp³-hybridized carbons (Fsp3) is 0.562. The maximum atomic E-state index is 12.0. The number of amides is 1. The Morgan fingerprint density at radius 1 is 1.45 bits per heavy atom. The van der Waals surface area contributed by atoms with Crippen LogP contribution in [-0.4, -0.2) is 30.4 Å². The van der Waals surface area contributed by atoms with Crippen LogP contribution in [0.15, 0.2) is 24.3 Å². The van der Waals surface area contributed by atoms with E-state index in [0.717, 1.165) is 18.8 Å². The minimum Gasteiger partial charge on any atom is -0.399 e. The van der Waals surface area contributed by atoms with Gasteiger partial charge in [0.15, 0.2) is 0 Å². The van der Waals surface area contributed by atoms with E-state index in [1.807, 2.05) is 18.2 Å². The van der Waals surface area contributed by atoms with Crippen molar-refractivity contribution in [1.29, 1.82) is 0 Å². The highest BCUT2D eigenvalue weighted by Gasteiger charge is 2.32. The normalized spacial score (nSPS) is 20.1. The van der Waals surface area contributed by atoms with Crippen molar-refractivity contribution in [1.82, 2.24) is 4.90 Å². The van der Waals surface area contributed by atoms with Crippen LogP contribution in [0, 0.1) is 11.3 Å². The summed E-state index contributed by atoms with van der Waals surface area (Å²) >= 11 is 0. The van der Waals surface area contributed by atoms with Gasteiger partial charge in [-0.1, -0.05) is 26.8 Å². The monoisotopic (exact) mass is 275 g/mol. The summed E-state index contributed by atoms with van der Waals surface area (Å²) in [4.78, 5) is 14.3. The van der Waals surface area contributed by atoms with Crippen molar-refractivity contribution >= 4 is 17.3 Å². The van der Waals surface area contributed by atoms with Crippen molar-refractivity contribution in [2.75, 3.05) is 30.7 Å². The summed E-state index contributed by atoms with van der Waals surface area (Å²) in [6.45, 7) is 9.29. The van der Waals surface area contributed by atoms with Gasteiger partial charge < -0.3 is 11.1 Å². The predicted molar refractivity (Wildman–Crippen MR) is 83.5 cm³/mol. The minimum atomic E-state index is 0.0326. The zero-order valence-corrected chi connectivity index (χ0v) is 12.6. The molecule has 1 amide bonds. The summed E-state index contributed by atoms with van der Waals surface area (Å²) in [6.07, 6.45) is 1.18. The van der Waals surface area contributed by atoms with E-state index in [0.29, 0.717) is 23.6 Å². The molecule has 0 bridgehead atoms. The SMILES string of the molecule is CC(C)(C)C1CCN(CC(=O)Nc2cccc(N)c2)C1. The Bertz CT molecular complexity index is 479. The molecule has 4 nitrogen and oxygen atoms in total. The van der Waals surface area contributed by atoms with E-state index in [4.69, 9.17) is 5.73 Å². The van der Waals surface area contributed by atoms with Gasteiger partial charge in [0.1, 0.15) is 0 Å². The number of nitrogens with two attached hydrogens (primary N) is 1. The maximum Gasteiger partial charge on any atom is 0.238 e. The minimum absolute atomic E-state index is 0.0326. The highest BCUT2D eigenvalue weighted by atomic mass is 16.2. The zero-order chi connectivity index (χ0) is 14.8. The van der Waals surface area contributed by atoms with Crippen LogP contribution >= 0.6 is 0 Å². The van der Waals surface area contributed by atoms with Gasteiger partial charge in [-0.2, -0.15) is 0 Å². The molecule has 0 saturated carbocycles. The molecule has 1 aliphatic heterocycles. The van der Waals surface area contributed by atoms with Crippen LogP contribution in [0.25, 0.3) is 0 Å². The van der Waals surface area contributed by atoms with Gasteiger partial charge in [0.05, 0.1) is 6.54 Å². The second kappa shape index (κ2) is 5.83. The molecule has 1 unspecified atom stereocenters. The van der Waals surface area contributed by atoms with Crippen molar-refractivity contribution in [2.45, 2.75) is 27.2 Å². The zero-order valence-electron chi connectivity index (χ0n) is 12.6. The second-order valence-corrected chi connectivity index (χ2v) is 6.76. The van der Waals surface area contributed by atoms with E-state index in [9.17, 15) is 4.79 Å². The van der Waals surface area contributed by atoms with Gasteiger partial charge in [0.2, 0.25) is 5.91 Å². The lowest BCUT2D eigenvalue weighted by atomic mass is 9.80. The Hall–Kier alpha value is -1.55. The Kier molecular flexibility index (Phi) is 4.33. The number of nitrogen functional groups attached to an aromatic ring is 1. The Morgan fingerprint density at radius 2 is 2.20 bits per heavy atom. The smallest absolute Gasteiger partial charge is 0.238 e. The van der Waals surface area contributed by atoms with Crippen LogP contribution in [0.3, 0.4) is 0 Å². The van der Waals surface area contributed by atoms with Crippen LogP contribution in [0.2, 0.25) is 0 Å². The van der Waals surface area contributed by atoms with Crippen molar-refractivity contribution in [3.05, 3.63) is 24.3 Å². The molecule has 4 heteroatoms. The third kappa shape index (κ3) is 3.97. The number of likely N-dealkylation sites (tertiary alicyclic amines) is 1. The topological polar surface area (TPSA) is 58.4 Å². The summed E-state index contributed by atoms with van der Waals surface area (Å²) < 4.78 is 0. The predicted octanol–water partition coefficient (Wildman–Crippen LogP) is 2.58. The lowest BCUT2D eigenvalue weighted by molar-refractivity contribution is -0.117. The van der Waals surface area contributed by atoms with Crippen LogP contribution in [-0.2, 0) is 4.79 Å². The number of hydrogen-bond acceptors (Lipinski definition) is 3. The molecule has 110 valence electrons. The maximum absolute atomic E-state index is 12.0. The molecule has 0 aliphatic carbocycles. The molecule has 1 heterocycles. The second-order valence-electron chi connectivity index (χ2n) is 6.76. The molecule has 0 radical (unpaired) electrons. The highest BCUT2D eigenvalue weighted by molar-refractivity contribution is 5.92. The van der Waals surface area contributed by atoms with E-state index in [2.05, 4.69) is 31.0 Å². The average molecular weight is 275 g/mol. The van der Waals surface area contributed by atoms with E-state index in [1.165, 1.54) is 6.42 Å². The summed E-state index contributed by atoms with van der Waals surface area (Å²) in [7, 11) is 0. The molecule has 1 aliphatic rings. The van der Waals surface area contributed by atoms with Gasteiger partial charge in [-0.15, -0.1) is 0 Å². The van der Waals surface area contributed by atoms with Gasteiger partial charge in [-0.05, 0) is 42.5 Å². The molecule has 1 aromatic rings. The Morgan fingerprint density at radius 3 is 2.80 bits per heavy atom. The van der Waals surface area contributed by atoms with Crippen LogP contribution in [0.1, 0.15) is 27.2 Å². The molecule has 1 fully saturated rings. The van der Waals surface area contributed by atoms with Gasteiger partial charge in [-0.3, -0.25) is 9.69 Å². The van der Waals surface area contributed by atoms with Gasteiger partial charge in [0, 0.05) is 17.9 Å². The molecule has 3 N–H and O–H groups in total. The summed E-state index contributed by atoms with van der Waals surface area (Å²) in [6, 6.07) is 7.29. The van der Waals surface area contributed by atoms with Crippen molar-refractivity contribution < 1.29 is 4.79 Å². The number of rotatable bonds is 3. The molecule has 1 aromatic carbocycles. The lowest BCUT2D eigenvalue weighted by Crippen LogP contribution is -2.33. The number of hydrogen-bond donors (Lipinski definition) is 2. The van der Waals surface area contributed by atoms with E-state index in [1.54, 1.807) is 6.07 Å². The van der Waals surface area contributed by atoms with E-state index in [-0.39, 0.29) is 5.91 Å². The highest BCUT2D eigenvalue weighted by Crippen LogP contribution is 2.33. The number of anilines is 2. The van der Waals surface area contributed by atoms with Crippen molar-refractivity contribution in [2.24, 2.45) is 11.3 Å². The third-order valence-corrected chi connectivity index (χ3v) is 4.03. The standard InChI is InChI=1S/C16H25N3O/c1-16(2,3)12-7-8-19(10-12)11-15(20)18-14-6-4-5-13(17)9-14/h4-6,9,12H,7-8,10-11,17H2,1-3H3,(H,18,20). The van der Waals surface area contributed by atoms with E-state index < -0.39 is 0 Å².